The molecule has 5 nitrogen and oxygen atoms in total. The molecule has 1 fully saturated rings. The first-order chi connectivity index (χ1) is 9.19. The molecule has 1 aliphatic heterocycles. The largest absolute Gasteiger partial charge is 0.370 e. The van der Waals surface area contributed by atoms with Crippen LogP contribution in [-0.2, 0) is 4.79 Å². The third-order valence-electron chi connectivity index (χ3n) is 3.65. The number of H-pyrrole nitrogens is 1. The second kappa shape index (κ2) is 4.74. The number of nitrogens with one attached hydrogen (secondary N) is 2. The maximum atomic E-state index is 11.7. The van der Waals surface area contributed by atoms with Gasteiger partial charge in [-0.3, -0.25) is 9.89 Å². The number of hydrogen-bond donors (Lipinski definition) is 2. The van der Waals surface area contributed by atoms with Crippen molar-refractivity contribution < 1.29 is 4.79 Å². The molecule has 1 aliphatic rings. The van der Waals surface area contributed by atoms with Gasteiger partial charge in [0.25, 0.3) is 0 Å². The fourth-order valence-corrected chi connectivity index (χ4v) is 2.87. The lowest BCUT2D eigenvalue weighted by Gasteiger charge is -2.19. The molecule has 2 heterocycles. The molecule has 6 heteroatoms. The van der Waals surface area contributed by atoms with E-state index in [0.717, 1.165) is 36.1 Å². The van der Waals surface area contributed by atoms with E-state index < -0.39 is 0 Å². The lowest BCUT2D eigenvalue weighted by molar-refractivity contribution is -0.123. The molecular weight excluding hydrogens is 264 g/mol. The zero-order chi connectivity index (χ0) is 13.4. The zero-order valence-corrected chi connectivity index (χ0v) is 11.4. The zero-order valence-electron chi connectivity index (χ0n) is 10.6. The first kappa shape index (κ1) is 12.3. The summed E-state index contributed by atoms with van der Waals surface area (Å²) in [4.78, 5) is 13.9. The molecule has 0 saturated carbocycles. The van der Waals surface area contributed by atoms with Crippen molar-refractivity contribution in [1.29, 1.82) is 0 Å². The smallest absolute Gasteiger partial charge is 0.224 e. The molecule has 0 spiro atoms. The van der Waals surface area contributed by atoms with Gasteiger partial charge < -0.3 is 10.2 Å². The maximum absolute atomic E-state index is 11.7. The lowest BCUT2D eigenvalue weighted by Crippen LogP contribution is -2.30. The minimum absolute atomic E-state index is 0.0472. The molecule has 2 aromatic rings. The summed E-state index contributed by atoms with van der Waals surface area (Å²) >= 11 is 6.13. The van der Waals surface area contributed by atoms with E-state index in [0.29, 0.717) is 5.02 Å². The summed E-state index contributed by atoms with van der Waals surface area (Å²) in [5, 5.41) is 11.4. The van der Waals surface area contributed by atoms with Crippen molar-refractivity contribution in [2.75, 3.05) is 25.0 Å². The number of carbonyl (C=O) groups is 1. The van der Waals surface area contributed by atoms with E-state index in [1.54, 1.807) is 13.2 Å². The molecule has 1 aromatic heterocycles. The molecule has 1 atom stereocenters. The minimum Gasteiger partial charge on any atom is -0.370 e. The van der Waals surface area contributed by atoms with Crippen LogP contribution in [0.3, 0.4) is 0 Å². The van der Waals surface area contributed by atoms with Gasteiger partial charge >= 0.3 is 0 Å². The number of benzene rings is 1. The SMILES string of the molecule is CNC(=O)C1CCN(c2cc(Cl)cc3[nH]ncc23)C1. The summed E-state index contributed by atoms with van der Waals surface area (Å²) in [6.07, 6.45) is 2.67. The topological polar surface area (TPSA) is 61.0 Å². The number of rotatable bonds is 2. The van der Waals surface area contributed by atoms with Gasteiger partial charge in [0.2, 0.25) is 5.91 Å². The Balaban J connectivity index is 1.93. The van der Waals surface area contributed by atoms with E-state index in [4.69, 9.17) is 11.6 Å². The summed E-state index contributed by atoms with van der Waals surface area (Å²) in [6, 6.07) is 3.80. The minimum atomic E-state index is 0.0472. The molecule has 100 valence electrons. The predicted octanol–water partition coefficient (Wildman–Crippen LogP) is 1.79. The van der Waals surface area contributed by atoms with E-state index in [2.05, 4.69) is 20.4 Å². The number of carbonyl (C=O) groups excluding carboxylic acids is 1. The first-order valence-electron chi connectivity index (χ1n) is 6.28. The van der Waals surface area contributed by atoms with Gasteiger partial charge in [0, 0.05) is 36.2 Å². The Kier molecular flexibility index (Phi) is 3.06. The van der Waals surface area contributed by atoms with Gasteiger partial charge in [0.15, 0.2) is 0 Å². The van der Waals surface area contributed by atoms with Crippen LogP contribution in [0, 0.1) is 5.92 Å². The number of fused-ring (bicyclic) bond motifs is 1. The molecule has 19 heavy (non-hydrogen) atoms. The molecule has 1 amide bonds. The Labute approximate surface area is 115 Å². The Morgan fingerprint density at radius 1 is 1.58 bits per heavy atom. The Morgan fingerprint density at radius 3 is 3.21 bits per heavy atom. The average molecular weight is 279 g/mol. The molecule has 0 bridgehead atoms. The van der Waals surface area contributed by atoms with E-state index in [1.165, 1.54) is 0 Å². The van der Waals surface area contributed by atoms with Crippen LogP contribution in [0.5, 0.6) is 0 Å². The summed E-state index contributed by atoms with van der Waals surface area (Å²) in [7, 11) is 1.68. The molecule has 1 aromatic carbocycles. The summed E-state index contributed by atoms with van der Waals surface area (Å²) in [5.74, 6) is 0.152. The van der Waals surface area contributed by atoms with Crippen LogP contribution in [0.25, 0.3) is 10.9 Å². The standard InChI is InChI=1S/C13H15ClN4O/c1-15-13(19)8-2-3-18(7-8)12-5-9(14)4-11-10(12)6-16-17-11/h4-6,8H,2-3,7H2,1H3,(H,15,19)(H,16,17). The number of anilines is 1. The van der Waals surface area contributed by atoms with Gasteiger partial charge in [0.1, 0.15) is 0 Å². The number of amides is 1. The Hall–Kier alpha value is -1.75. The van der Waals surface area contributed by atoms with E-state index in [1.807, 2.05) is 12.1 Å². The van der Waals surface area contributed by atoms with Gasteiger partial charge in [-0.15, -0.1) is 0 Å². The van der Waals surface area contributed by atoms with E-state index in [9.17, 15) is 4.79 Å². The van der Waals surface area contributed by atoms with Crippen molar-refractivity contribution in [3.05, 3.63) is 23.4 Å². The van der Waals surface area contributed by atoms with Crippen LogP contribution in [0.1, 0.15) is 6.42 Å². The van der Waals surface area contributed by atoms with Crippen LogP contribution in [0.2, 0.25) is 5.02 Å². The molecule has 0 aliphatic carbocycles. The summed E-state index contributed by atoms with van der Waals surface area (Å²) in [6.45, 7) is 1.58. The van der Waals surface area contributed by atoms with Crippen molar-refractivity contribution in [3.8, 4) is 0 Å². The fourth-order valence-electron chi connectivity index (χ4n) is 2.66. The highest BCUT2D eigenvalue weighted by molar-refractivity contribution is 6.31. The number of nitrogens with zero attached hydrogens (tertiary/aromatic N) is 2. The van der Waals surface area contributed by atoms with Gasteiger partial charge in [-0.2, -0.15) is 5.10 Å². The monoisotopic (exact) mass is 278 g/mol. The van der Waals surface area contributed by atoms with Crippen molar-refractivity contribution in [3.63, 3.8) is 0 Å². The number of aromatic nitrogens is 2. The maximum Gasteiger partial charge on any atom is 0.224 e. The van der Waals surface area contributed by atoms with Crippen molar-refractivity contribution in [1.82, 2.24) is 15.5 Å². The quantitative estimate of drug-likeness (QED) is 0.880. The Morgan fingerprint density at radius 2 is 2.42 bits per heavy atom. The van der Waals surface area contributed by atoms with Gasteiger partial charge in [-0.1, -0.05) is 11.6 Å². The molecule has 2 N–H and O–H groups in total. The molecule has 0 radical (unpaired) electrons. The van der Waals surface area contributed by atoms with Crippen LogP contribution in [0.15, 0.2) is 18.3 Å². The van der Waals surface area contributed by atoms with Crippen LogP contribution in [-0.4, -0.2) is 36.2 Å². The highest BCUT2D eigenvalue weighted by Crippen LogP contribution is 2.33. The number of halogens is 1. The van der Waals surface area contributed by atoms with Crippen LogP contribution in [0.4, 0.5) is 5.69 Å². The second-order valence-electron chi connectivity index (χ2n) is 4.80. The van der Waals surface area contributed by atoms with Crippen LogP contribution >= 0.6 is 11.6 Å². The van der Waals surface area contributed by atoms with E-state index >= 15 is 0 Å². The van der Waals surface area contributed by atoms with Gasteiger partial charge in [-0.05, 0) is 18.6 Å². The summed E-state index contributed by atoms with van der Waals surface area (Å²) < 4.78 is 0. The van der Waals surface area contributed by atoms with Crippen molar-refractivity contribution in [2.45, 2.75) is 6.42 Å². The fraction of sp³-hybridized carbons (Fsp3) is 0.385. The Bertz CT molecular complexity index is 624. The molecule has 1 saturated heterocycles. The molecule has 1 unspecified atom stereocenters. The van der Waals surface area contributed by atoms with Crippen molar-refractivity contribution in [2.24, 2.45) is 5.92 Å². The normalized spacial score (nSPS) is 19.1. The lowest BCUT2D eigenvalue weighted by atomic mass is 10.1. The highest BCUT2D eigenvalue weighted by Gasteiger charge is 2.28. The molecular formula is C13H15ClN4O. The molecule has 3 rings (SSSR count). The number of hydrogen-bond acceptors (Lipinski definition) is 3. The van der Waals surface area contributed by atoms with Gasteiger partial charge in [0.05, 0.1) is 17.6 Å². The first-order valence-corrected chi connectivity index (χ1v) is 6.66. The predicted molar refractivity (Wildman–Crippen MR) is 75.5 cm³/mol. The van der Waals surface area contributed by atoms with E-state index in [-0.39, 0.29) is 11.8 Å². The van der Waals surface area contributed by atoms with Gasteiger partial charge in [-0.25, -0.2) is 0 Å². The summed E-state index contributed by atoms with van der Waals surface area (Å²) in [5.41, 5.74) is 1.97. The third kappa shape index (κ3) is 2.14. The third-order valence-corrected chi connectivity index (χ3v) is 3.87. The average Bonchev–Trinajstić information content (AvgIpc) is 3.05. The van der Waals surface area contributed by atoms with Crippen LogP contribution < -0.4 is 10.2 Å². The second-order valence-corrected chi connectivity index (χ2v) is 5.24. The van der Waals surface area contributed by atoms with Crippen molar-refractivity contribution >= 4 is 34.1 Å². The highest BCUT2D eigenvalue weighted by atomic mass is 35.5. The number of aromatic amines is 1.